The Morgan fingerprint density at radius 3 is 2.31 bits per heavy atom. The van der Waals surface area contributed by atoms with Crippen molar-refractivity contribution in [2.75, 3.05) is 6.61 Å². The number of nitrogens with zero attached hydrogens (tertiary/aromatic N) is 1. The molecule has 5 nitrogen and oxygen atoms in total. The minimum atomic E-state index is -0.615. The van der Waals surface area contributed by atoms with Crippen LogP contribution in [0.4, 0.5) is 0 Å². The lowest BCUT2D eigenvalue weighted by molar-refractivity contribution is -0.141. The lowest BCUT2D eigenvalue weighted by Gasteiger charge is -2.33. The molecule has 0 aliphatic heterocycles. The molecule has 0 heterocycles. The topological polar surface area (TPSA) is 58.6 Å². The summed E-state index contributed by atoms with van der Waals surface area (Å²) in [5.74, 6) is 0.654. The first kappa shape index (κ1) is 28.7. The number of amides is 2. The van der Waals surface area contributed by atoms with E-state index in [-0.39, 0.29) is 17.9 Å². The zero-order chi connectivity index (χ0) is 27.5. The number of rotatable bonds is 12. The van der Waals surface area contributed by atoms with Crippen LogP contribution in [0.3, 0.4) is 0 Å². The Bertz CT molecular complexity index is 1180. The number of nitrogens with one attached hydrogen (secondary N) is 1. The van der Waals surface area contributed by atoms with Crippen molar-refractivity contribution in [2.24, 2.45) is 0 Å². The van der Waals surface area contributed by atoms with Gasteiger partial charge in [0.25, 0.3) is 0 Å². The van der Waals surface area contributed by atoms with Gasteiger partial charge in [-0.1, -0.05) is 91.0 Å². The molecule has 6 heteroatoms. The molecule has 0 unspecified atom stereocenters. The molecule has 0 saturated heterocycles. The molecule has 206 valence electrons. The Morgan fingerprint density at radius 2 is 1.62 bits per heavy atom. The molecular weight excluding hydrogens is 508 g/mol. The molecule has 3 aromatic carbocycles. The molecule has 1 aliphatic rings. The molecule has 1 saturated carbocycles. The third-order valence-electron chi connectivity index (χ3n) is 7.31. The zero-order valence-electron chi connectivity index (χ0n) is 22.8. The second-order valence-corrected chi connectivity index (χ2v) is 10.9. The second-order valence-electron chi connectivity index (χ2n) is 10.5. The third-order valence-corrected chi connectivity index (χ3v) is 7.57. The first-order valence-electron chi connectivity index (χ1n) is 14.1. The fourth-order valence-corrected chi connectivity index (χ4v) is 5.20. The minimum Gasteiger partial charge on any atom is -0.494 e. The molecule has 0 radical (unpaired) electrons. The summed E-state index contributed by atoms with van der Waals surface area (Å²) >= 11 is 6.12. The molecule has 39 heavy (non-hydrogen) atoms. The van der Waals surface area contributed by atoms with Crippen LogP contribution in [0, 0.1) is 6.92 Å². The summed E-state index contributed by atoms with van der Waals surface area (Å²) in [5.41, 5.74) is 3.14. The lowest BCUT2D eigenvalue weighted by atomic mass is 9.94. The Balaban J connectivity index is 1.51. The van der Waals surface area contributed by atoms with Gasteiger partial charge < -0.3 is 15.0 Å². The van der Waals surface area contributed by atoms with E-state index in [9.17, 15) is 9.59 Å². The average molecular weight is 547 g/mol. The number of halogens is 1. The number of carbonyl (C=O) groups is 2. The maximum absolute atomic E-state index is 13.8. The largest absolute Gasteiger partial charge is 0.494 e. The quantitative estimate of drug-likeness (QED) is 0.251. The molecule has 4 rings (SSSR count). The van der Waals surface area contributed by atoms with Gasteiger partial charge in [-0.2, -0.15) is 0 Å². The fourth-order valence-electron chi connectivity index (χ4n) is 5.08. The monoisotopic (exact) mass is 546 g/mol. The van der Waals surface area contributed by atoms with Crippen molar-refractivity contribution in [3.63, 3.8) is 0 Å². The van der Waals surface area contributed by atoms with E-state index in [1.165, 1.54) is 12.0 Å². The lowest BCUT2D eigenvalue weighted by Crippen LogP contribution is -2.52. The van der Waals surface area contributed by atoms with Gasteiger partial charge in [-0.3, -0.25) is 9.59 Å². The summed E-state index contributed by atoms with van der Waals surface area (Å²) in [4.78, 5) is 29.3. The highest BCUT2D eigenvalue weighted by Crippen LogP contribution is 2.21. The van der Waals surface area contributed by atoms with Crippen LogP contribution in [-0.2, 0) is 22.6 Å². The van der Waals surface area contributed by atoms with Crippen LogP contribution in [0.2, 0.25) is 5.02 Å². The predicted octanol–water partition coefficient (Wildman–Crippen LogP) is 6.90. The third kappa shape index (κ3) is 9.14. The van der Waals surface area contributed by atoms with Gasteiger partial charge in [0.2, 0.25) is 11.8 Å². The van der Waals surface area contributed by atoms with Gasteiger partial charge in [-0.25, -0.2) is 0 Å². The van der Waals surface area contributed by atoms with E-state index in [1.807, 2.05) is 85.8 Å². The zero-order valence-corrected chi connectivity index (χ0v) is 23.5. The van der Waals surface area contributed by atoms with E-state index in [0.29, 0.717) is 37.4 Å². The van der Waals surface area contributed by atoms with Crippen molar-refractivity contribution in [1.82, 2.24) is 10.2 Å². The first-order valence-corrected chi connectivity index (χ1v) is 14.4. The highest BCUT2D eigenvalue weighted by atomic mass is 35.5. The maximum atomic E-state index is 13.8. The summed E-state index contributed by atoms with van der Waals surface area (Å²) < 4.78 is 5.86. The molecule has 3 aromatic rings. The van der Waals surface area contributed by atoms with Gasteiger partial charge in [0.1, 0.15) is 11.8 Å². The summed E-state index contributed by atoms with van der Waals surface area (Å²) in [6, 6.07) is 24.9. The molecular formula is C33H39ClN2O3. The number of hydrogen-bond donors (Lipinski definition) is 1. The van der Waals surface area contributed by atoms with E-state index < -0.39 is 6.04 Å². The van der Waals surface area contributed by atoms with Crippen molar-refractivity contribution in [3.05, 3.63) is 101 Å². The molecule has 0 aromatic heterocycles. The number of aryl methyl sites for hydroxylation is 1. The number of ether oxygens (including phenoxy) is 1. The first-order chi connectivity index (χ1) is 19.0. The van der Waals surface area contributed by atoms with Crippen molar-refractivity contribution >= 4 is 23.4 Å². The number of hydrogen-bond acceptors (Lipinski definition) is 3. The molecule has 0 bridgehead atoms. The molecule has 2 amide bonds. The summed E-state index contributed by atoms with van der Waals surface area (Å²) in [6.45, 7) is 2.81. The number of benzene rings is 3. The van der Waals surface area contributed by atoms with Crippen LogP contribution in [0.25, 0.3) is 0 Å². The summed E-state index contributed by atoms with van der Waals surface area (Å²) in [7, 11) is 0. The molecule has 1 aliphatic carbocycles. The van der Waals surface area contributed by atoms with E-state index >= 15 is 0 Å². The van der Waals surface area contributed by atoms with Crippen LogP contribution >= 0.6 is 11.6 Å². The van der Waals surface area contributed by atoms with E-state index in [4.69, 9.17) is 16.3 Å². The van der Waals surface area contributed by atoms with Crippen molar-refractivity contribution in [2.45, 2.75) is 76.9 Å². The highest BCUT2D eigenvalue weighted by molar-refractivity contribution is 6.30. The Hall–Kier alpha value is -3.31. The summed E-state index contributed by atoms with van der Waals surface area (Å²) in [6.07, 6.45) is 6.76. The minimum absolute atomic E-state index is 0.0582. The summed E-state index contributed by atoms with van der Waals surface area (Å²) in [5, 5.41) is 3.92. The van der Waals surface area contributed by atoms with Crippen LogP contribution in [0.1, 0.15) is 61.6 Å². The maximum Gasteiger partial charge on any atom is 0.243 e. The van der Waals surface area contributed by atoms with Gasteiger partial charge in [-0.05, 0) is 61.6 Å². The van der Waals surface area contributed by atoms with Crippen LogP contribution in [0.15, 0.2) is 78.9 Å². The Labute approximate surface area is 237 Å². The van der Waals surface area contributed by atoms with Crippen molar-refractivity contribution in [1.29, 1.82) is 0 Å². The molecule has 1 fully saturated rings. The van der Waals surface area contributed by atoms with E-state index in [1.54, 1.807) is 4.90 Å². The fraction of sp³-hybridized carbons (Fsp3) is 0.394. The van der Waals surface area contributed by atoms with Gasteiger partial charge in [0.05, 0.1) is 6.61 Å². The molecule has 0 spiro atoms. The van der Waals surface area contributed by atoms with E-state index in [0.717, 1.165) is 42.6 Å². The van der Waals surface area contributed by atoms with Crippen molar-refractivity contribution < 1.29 is 14.3 Å². The normalized spacial score (nSPS) is 14.4. The van der Waals surface area contributed by atoms with Gasteiger partial charge in [-0.15, -0.1) is 0 Å². The van der Waals surface area contributed by atoms with Crippen LogP contribution in [0.5, 0.6) is 5.75 Å². The molecule has 1 atom stereocenters. The SMILES string of the molecule is Cc1ccc(OCCCC(=O)N(Cc2ccc(Cl)cc2)[C@H](Cc2ccccc2)C(=O)NC2CCCCC2)cc1. The smallest absolute Gasteiger partial charge is 0.243 e. The Kier molecular flexibility index (Phi) is 10.8. The van der Waals surface area contributed by atoms with E-state index in [2.05, 4.69) is 5.32 Å². The van der Waals surface area contributed by atoms with Gasteiger partial charge in [0.15, 0.2) is 0 Å². The Morgan fingerprint density at radius 1 is 0.923 bits per heavy atom. The average Bonchev–Trinajstić information content (AvgIpc) is 2.96. The standard InChI is InChI=1S/C33H39ClN2O3/c1-25-14-20-30(21-15-25)39-22-8-13-32(37)36(24-27-16-18-28(34)19-17-27)31(23-26-9-4-2-5-10-26)33(38)35-29-11-6-3-7-12-29/h2,4-5,9-10,14-21,29,31H,3,6-8,11-13,22-24H2,1H3,(H,35,38)/t31-/m1/s1. The predicted molar refractivity (Wildman–Crippen MR) is 157 cm³/mol. The van der Waals surface area contributed by atoms with Crippen LogP contribution in [-0.4, -0.2) is 35.4 Å². The van der Waals surface area contributed by atoms with Crippen molar-refractivity contribution in [3.8, 4) is 5.75 Å². The van der Waals surface area contributed by atoms with Gasteiger partial charge in [0, 0.05) is 30.5 Å². The van der Waals surface area contributed by atoms with Crippen LogP contribution < -0.4 is 10.1 Å². The molecule has 1 N–H and O–H groups in total. The highest BCUT2D eigenvalue weighted by Gasteiger charge is 2.31. The van der Waals surface area contributed by atoms with Gasteiger partial charge >= 0.3 is 0 Å². The second kappa shape index (κ2) is 14.7. The number of carbonyl (C=O) groups excluding carboxylic acids is 2.